The monoisotopic (exact) mass is 305 g/mol. The van der Waals surface area contributed by atoms with Crippen LogP contribution in [0.5, 0.6) is 0 Å². The summed E-state index contributed by atoms with van der Waals surface area (Å²) in [6, 6.07) is 0.158. The van der Waals surface area contributed by atoms with Crippen molar-refractivity contribution < 1.29 is 22.1 Å². The number of hydrogen-bond acceptors (Lipinski definition) is 6. The highest BCUT2D eigenvalue weighted by atomic mass is 32.2. The Balaban J connectivity index is 1.67. The Morgan fingerprint density at radius 1 is 1.20 bits per heavy atom. The van der Waals surface area contributed by atoms with Crippen molar-refractivity contribution in [2.45, 2.75) is 50.0 Å². The van der Waals surface area contributed by atoms with Gasteiger partial charge >= 0.3 is 0 Å². The Bertz CT molecular complexity index is 446. The third kappa shape index (κ3) is 3.17. The second kappa shape index (κ2) is 5.53. The topological polar surface area (TPSA) is 65.1 Å². The van der Waals surface area contributed by atoms with Crippen LogP contribution in [0, 0.1) is 0 Å². The average molecular weight is 305 g/mol. The molecule has 7 heteroatoms. The normalized spacial score (nSPS) is 34.9. The van der Waals surface area contributed by atoms with Crippen LogP contribution in [-0.4, -0.2) is 63.8 Å². The van der Waals surface area contributed by atoms with E-state index in [4.69, 9.17) is 13.7 Å². The number of rotatable bonds is 3. The van der Waals surface area contributed by atoms with Crippen molar-refractivity contribution in [3.05, 3.63) is 0 Å². The van der Waals surface area contributed by atoms with Crippen LogP contribution in [0.4, 0.5) is 0 Å². The molecule has 2 heterocycles. The molecule has 116 valence electrons. The van der Waals surface area contributed by atoms with Gasteiger partial charge in [-0.05, 0) is 12.8 Å². The maximum Gasteiger partial charge on any atom is 0.264 e. The smallest absolute Gasteiger partial charge is 0.264 e. The lowest BCUT2D eigenvalue weighted by molar-refractivity contribution is -0.148. The molecule has 2 saturated heterocycles. The van der Waals surface area contributed by atoms with Crippen molar-refractivity contribution >= 4 is 10.1 Å². The van der Waals surface area contributed by atoms with Crippen LogP contribution in [0.2, 0.25) is 0 Å². The molecule has 6 nitrogen and oxygen atoms in total. The van der Waals surface area contributed by atoms with E-state index in [0.717, 1.165) is 51.4 Å². The molecule has 2 atom stereocenters. The molecular formula is C13H23NO5S. The lowest BCUT2D eigenvalue weighted by Crippen LogP contribution is -2.48. The predicted molar refractivity (Wildman–Crippen MR) is 72.8 cm³/mol. The maximum absolute atomic E-state index is 11.4. The minimum absolute atomic E-state index is 0.158. The van der Waals surface area contributed by atoms with Gasteiger partial charge in [-0.25, -0.2) is 0 Å². The summed E-state index contributed by atoms with van der Waals surface area (Å²) >= 11 is 0. The highest BCUT2D eigenvalue weighted by Gasteiger charge is 2.47. The molecule has 0 aromatic heterocycles. The molecule has 1 spiro atoms. The third-order valence-electron chi connectivity index (χ3n) is 4.47. The Kier molecular flexibility index (Phi) is 4.07. The van der Waals surface area contributed by atoms with E-state index < -0.39 is 15.9 Å². The second-order valence-corrected chi connectivity index (χ2v) is 7.62. The van der Waals surface area contributed by atoms with Gasteiger partial charge in [0.25, 0.3) is 10.1 Å². The molecule has 0 amide bonds. The SMILES string of the molecule is CS(=O)(=O)OC1CCCCC1N1CCC2(C1)OCCO2. The summed E-state index contributed by atoms with van der Waals surface area (Å²) in [7, 11) is -3.40. The molecule has 3 rings (SSSR count). The van der Waals surface area contributed by atoms with Crippen LogP contribution in [-0.2, 0) is 23.8 Å². The molecule has 2 unspecified atom stereocenters. The molecule has 1 saturated carbocycles. The van der Waals surface area contributed by atoms with E-state index >= 15 is 0 Å². The van der Waals surface area contributed by atoms with Crippen molar-refractivity contribution in [1.82, 2.24) is 4.90 Å². The summed E-state index contributed by atoms with van der Waals surface area (Å²) in [6.45, 7) is 2.92. The molecule has 0 aromatic rings. The first-order valence-corrected chi connectivity index (χ1v) is 9.19. The minimum Gasteiger partial charge on any atom is -0.346 e. The summed E-state index contributed by atoms with van der Waals surface area (Å²) in [5.41, 5.74) is 0. The lowest BCUT2D eigenvalue weighted by atomic mass is 9.91. The van der Waals surface area contributed by atoms with Crippen molar-refractivity contribution in [3.8, 4) is 0 Å². The van der Waals surface area contributed by atoms with Gasteiger partial charge in [0.2, 0.25) is 0 Å². The van der Waals surface area contributed by atoms with Crippen LogP contribution < -0.4 is 0 Å². The van der Waals surface area contributed by atoms with E-state index in [-0.39, 0.29) is 12.1 Å². The average Bonchev–Trinajstić information content (AvgIpc) is 2.99. The van der Waals surface area contributed by atoms with Crippen LogP contribution in [0.1, 0.15) is 32.1 Å². The zero-order chi connectivity index (χ0) is 14.2. The van der Waals surface area contributed by atoms with Gasteiger partial charge in [-0.15, -0.1) is 0 Å². The zero-order valence-corrected chi connectivity index (χ0v) is 12.7. The van der Waals surface area contributed by atoms with E-state index in [9.17, 15) is 8.42 Å². The van der Waals surface area contributed by atoms with Crippen LogP contribution in [0.15, 0.2) is 0 Å². The first-order valence-electron chi connectivity index (χ1n) is 7.38. The van der Waals surface area contributed by atoms with Gasteiger partial charge in [0, 0.05) is 19.0 Å². The Labute approximate surface area is 120 Å². The standard InChI is InChI=1S/C13H23NO5S/c1-20(15,16)19-12-5-3-2-4-11(12)14-7-6-13(10-14)17-8-9-18-13/h11-12H,2-10H2,1H3. The second-order valence-electron chi connectivity index (χ2n) is 6.02. The zero-order valence-electron chi connectivity index (χ0n) is 11.9. The van der Waals surface area contributed by atoms with E-state index in [2.05, 4.69) is 4.90 Å². The van der Waals surface area contributed by atoms with Crippen molar-refractivity contribution in [1.29, 1.82) is 0 Å². The molecule has 20 heavy (non-hydrogen) atoms. The largest absolute Gasteiger partial charge is 0.346 e. The van der Waals surface area contributed by atoms with E-state index in [1.807, 2.05) is 0 Å². The molecule has 2 aliphatic heterocycles. The van der Waals surface area contributed by atoms with Gasteiger partial charge in [-0.1, -0.05) is 12.8 Å². The molecule has 0 bridgehead atoms. The summed E-state index contributed by atoms with van der Waals surface area (Å²) in [6.07, 6.45) is 5.71. The molecule has 0 aromatic carbocycles. The van der Waals surface area contributed by atoms with Crippen LogP contribution in [0.25, 0.3) is 0 Å². The predicted octanol–water partition coefficient (Wildman–Crippen LogP) is 0.723. The fourth-order valence-corrected chi connectivity index (χ4v) is 4.30. The van der Waals surface area contributed by atoms with Gasteiger partial charge in [0.1, 0.15) is 0 Å². The van der Waals surface area contributed by atoms with Crippen molar-refractivity contribution in [2.24, 2.45) is 0 Å². The van der Waals surface area contributed by atoms with Crippen molar-refractivity contribution in [2.75, 3.05) is 32.6 Å². The van der Waals surface area contributed by atoms with Gasteiger partial charge in [-0.3, -0.25) is 9.08 Å². The highest BCUT2D eigenvalue weighted by Crippen LogP contribution is 2.35. The molecule has 3 fully saturated rings. The maximum atomic E-state index is 11.4. The Hall–Kier alpha value is -0.210. The molecule has 1 aliphatic carbocycles. The summed E-state index contributed by atoms with van der Waals surface area (Å²) in [4.78, 5) is 2.29. The van der Waals surface area contributed by atoms with Crippen LogP contribution in [0.3, 0.4) is 0 Å². The number of nitrogens with zero attached hydrogens (tertiary/aromatic N) is 1. The number of ether oxygens (including phenoxy) is 2. The summed E-state index contributed by atoms with van der Waals surface area (Å²) in [5, 5.41) is 0. The number of likely N-dealkylation sites (tertiary alicyclic amines) is 1. The van der Waals surface area contributed by atoms with Gasteiger partial charge in [-0.2, -0.15) is 8.42 Å². The van der Waals surface area contributed by atoms with Gasteiger partial charge in [0.05, 0.1) is 32.1 Å². The highest BCUT2D eigenvalue weighted by molar-refractivity contribution is 7.86. The van der Waals surface area contributed by atoms with Crippen molar-refractivity contribution in [3.63, 3.8) is 0 Å². The minimum atomic E-state index is -3.40. The van der Waals surface area contributed by atoms with Gasteiger partial charge < -0.3 is 9.47 Å². The Morgan fingerprint density at radius 2 is 1.90 bits per heavy atom. The van der Waals surface area contributed by atoms with E-state index in [0.29, 0.717) is 13.2 Å². The summed E-state index contributed by atoms with van der Waals surface area (Å²) in [5.74, 6) is -0.451. The fourth-order valence-electron chi connectivity index (χ4n) is 3.63. The first kappa shape index (κ1) is 14.7. The third-order valence-corrected chi connectivity index (χ3v) is 5.07. The van der Waals surface area contributed by atoms with E-state index in [1.54, 1.807) is 0 Å². The molecule has 3 aliphatic rings. The van der Waals surface area contributed by atoms with Gasteiger partial charge in [0.15, 0.2) is 5.79 Å². The quantitative estimate of drug-likeness (QED) is 0.716. The molecule has 0 N–H and O–H groups in total. The van der Waals surface area contributed by atoms with E-state index in [1.165, 1.54) is 0 Å². The fraction of sp³-hybridized carbons (Fsp3) is 1.00. The van der Waals surface area contributed by atoms with Crippen LogP contribution >= 0.6 is 0 Å². The molecular weight excluding hydrogens is 282 g/mol. The Morgan fingerprint density at radius 3 is 2.60 bits per heavy atom. The molecule has 0 radical (unpaired) electrons. The first-order chi connectivity index (χ1) is 9.48. The lowest BCUT2D eigenvalue weighted by Gasteiger charge is -2.37. The number of hydrogen-bond donors (Lipinski definition) is 0. The summed E-state index contributed by atoms with van der Waals surface area (Å²) < 4.78 is 39.6.